The molecule has 0 aliphatic carbocycles. The first-order chi connectivity index (χ1) is 11.4. The number of likely N-dealkylation sites (tertiary alicyclic amines) is 1. The Kier molecular flexibility index (Phi) is 9.43. The van der Waals surface area contributed by atoms with Crippen LogP contribution in [0, 0.1) is 5.92 Å². The van der Waals surface area contributed by atoms with Crippen molar-refractivity contribution in [2.24, 2.45) is 10.9 Å². The van der Waals surface area contributed by atoms with Gasteiger partial charge in [0.05, 0.1) is 5.01 Å². The molecule has 10 heteroatoms. The second-order valence-electron chi connectivity index (χ2n) is 5.94. The molecule has 2 heterocycles. The van der Waals surface area contributed by atoms with Crippen molar-refractivity contribution in [2.75, 3.05) is 39.8 Å². The number of nitrogens with zero attached hydrogens (tertiary/aromatic N) is 3. The molecule has 0 bridgehead atoms. The zero-order chi connectivity index (χ0) is 17.6. The van der Waals surface area contributed by atoms with Crippen LogP contribution in [-0.4, -0.2) is 55.6 Å². The molecule has 1 atom stereocenters. The number of guanidine groups is 1. The molecule has 1 fully saturated rings. The fourth-order valence-corrected chi connectivity index (χ4v) is 3.39. The second kappa shape index (κ2) is 10.5. The van der Waals surface area contributed by atoms with Crippen LogP contribution < -0.4 is 10.6 Å². The fourth-order valence-electron chi connectivity index (χ4n) is 2.58. The minimum atomic E-state index is -4.37. The average molecular weight is 491 g/mol. The van der Waals surface area contributed by atoms with Gasteiger partial charge < -0.3 is 15.5 Å². The molecule has 0 radical (unpaired) electrons. The highest BCUT2D eigenvalue weighted by Gasteiger charge is 2.33. The molecule has 1 aromatic rings. The van der Waals surface area contributed by atoms with Gasteiger partial charge in [-0.05, 0) is 32.9 Å². The molecule has 5 nitrogen and oxygen atoms in total. The smallest absolute Gasteiger partial charge is 0.357 e. The third kappa shape index (κ3) is 7.65. The Balaban J connectivity index is 0.00000312. The first-order valence-electron chi connectivity index (χ1n) is 8.10. The van der Waals surface area contributed by atoms with E-state index in [2.05, 4.69) is 32.6 Å². The van der Waals surface area contributed by atoms with E-state index in [9.17, 15) is 13.2 Å². The number of aromatic nitrogens is 1. The van der Waals surface area contributed by atoms with Gasteiger partial charge in [-0.1, -0.05) is 0 Å². The maximum atomic E-state index is 12.5. The van der Waals surface area contributed by atoms with E-state index in [0.29, 0.717) is 29.9 Å². The number of alkyl halides is 3. The summed E-state index contributed by atoms with van der Waals surface area (Å²) >= 11 is 1.04. The summed E-state index contributed by atoms with van der Waals surface area (Å²) in [5.41, 5.74) is -0.812. The van der Waals surface area contributed by atoms with Crippen molar-refractivity contribution in [3.8, 4) is 0 Å². The molecular formula is C15H25F3IN5S. The van der Waals surface area contributed by atoms with Crippen LogP contribution in [0.5, 0.6) is 0 Å². The van der Waals surface area contributed by atoms with Crippen LogP contribution in [0.25, 0.3) is 0 Å². The molecule has 1 saturated heterocycles. The standard InChI is InChI=1S/C15H24F3N5S.HI/c1-3-19-14(21-8-11-5-7-23(2)9-11)20-6-4-13-22-12(10-24-13)15(16,17)18;/h10-11H,3-9H2,1-2H3,(H2,19,20,21);1H. The predicted octanol–water partition coefficient (Wildman–Crippen LogP) is 2.83. The fraction of sp³-hybridized carbons (Fsp3) is 0.733. The molecule has 1 aliphatic rings. The van der Waals surface area contributed by atoms with E-state index in [1.165, 1.54) is 0 Å². The van der Waals surface area contributed by atoms with E-state index in [1.807, 2.05) is 6.92 Å². The molecular weight excluding hydrogens is 466 g/mol. The average Bonchev–Trinajstić information content (AvgIpc) is 3.13. The van der Waals surface area contributed by atoms with E-state index in [-0.39, 0.29) is 24.0 Å². The summed E-state index contributed by atoms with van der Waals surface area (Å²) in [6.45, 7) is 6.15. The van der Waals surface area contributed by atoms with Gasteiger partial charge in [-0.25, -0.2) is 4.98 Å². The molecule has 2 N–H and O–H groups in total. The monoisotopic (exact) mass is 491 g/mol. The van der Waals surface area contributed by atoms with Gasteiger partial charge in [0.15, 0.2) is 11.7 Å². The Morgan fingerprint density at radius 1 is 1.44 bits per heavy atom. The van der Waals surface area contributed by atoms with E-state index in [4.69, 9.17) is 0 Å². The molecule has 0 spiro atoms. The summed E-state index contributed by atoms with van der Waals surface area (Å²) < 4.78 is 37.6. The van der Waals surface area contributed by atoms with Gasteiger partial charge in [0.25, 0.3) is 0 Å². The molecule has 25 heavy (non-hydrogen) atoms. The number of hydrogen-bond acceptors (Lipinski definition) is 4. The van der Waals surface area contributed by atoms with Crippen molar-refractivity contribution in [2.45, 2.75) is 25.9 Å². The lowest BCUT2D eigenvalue weighted by atomic mass is 10.1. The van der Waals surface area contributed by atoms with Crippen molar-refractivity contribution in [1.82, 2.24) is 20.5 Å². The molecule has 144 valence electrons. The molecule has 1 aromatic heterocycles. The number of aliphatic imine (C=N–C) groups is 1. The van der Waals surface area contributed by atoms with Gasteiger partial charge in [0.1, 0.15) is 0 Å². The first kappa shape index (κ1) is 22.4. The van der Waals surface area contributed by atoms with Gasteiger partial charge >= 0.3 is 6.18 Å². The van der Waals surface area contributed by atoms with Crippen LogP contribution in [0.2, 0.25) is 0 Å². The van der Waals surface area contributed by atoms with E-state index in [0.717, 1.165) is 49.3 Å². The SMILES string of the molecule is CCNC(=NCC1CCN(C)C1)NCCc1nc(C(F)(F)F)cs1.I. The summed E-state index contributed by atoms with van der Waals surface area (Å²) in [6, 6.07) is 0. The quantitative estimate of drug-likeness (QED) is 0.365. The largest absolute Gasteiger partial charge is 0.434 e. The Labute approximate surface area is 167 Å². The van der Waals surface area contributed by atoms with E-state index >= 15 is 0 Å². The Hall–Kier alpha value is -0.620. The highest BCUT2D eigenvalue weighted by atomic mass is 127. The zero-order valence-corrected chi connectivity index (χ0v) is 17.5. The summed E-state index contributed by atoms with van der Waals surface area (Å²) in [4.78, 5) is 10.5. The molecule has 0 aromatic carbocycles. The summed E-state index contributed by atoms with van der Waals surface area (Å²) in [7, 11) is 2.11. The Morgan fingerprint density at radius 2 is 2.20 bits per heavy atom. The molecule has 0 amide bonds. The number of nitrogens with one attached hydrogen (secondary N) is 2. The highest BCUT2D eigenvalue weighted by molar-refractivity contribution is 14.0. The first-order valence-corrected chi connectivity index (χ1v) is 8.98. The Bertz CT molecular complexity index is 550. The molecule has 0 saturated carbocycles. The summed E-state index contributed by atoms with van der Waals surface area (Å²) in [5, 5.41) is 7.86. The van der Waals surface area contributed by atoms with Crippen molar-refractivity contribution in [3.05, 3.63) is 16.1 Å². The Morgan fingerprint density at radius 3 is 2.76 bits per heavy atom. The zero-order valence-electron chi connectivity index (χ0n) is 14.4. The lowest BCUT2D eigenvalue weighted by Crippen LogP contribution is -2.38. The number of thiazole rings is 1. The maximum absolute atomic E-state index is 12.5. The van der Waals surface area contributed by atoms with Crippen LogP contribution in [0.4, 0.5) is 13.2 Å². The number of halogens is 4. The van der Waals surface area contributed by atoms with Gasteiger partial charge in [0, 0.05) is 38.0 Å². The minimum absolute atomic E-state index is 0. The predicted molar refractivity (Wildman–Crippen MR) is 106 cm³/mol. The molecule has 1 aliphatic heterocycles. The van der Waals surface area contributed by atoms with Crippen LogP contribution in [-0.2, 0) is 12.6 Å². The van der Waals surface area contributed by atoms with Crippen molar-refractivity contribution in [1.29, 1.82) is 0 Å². The normalized spacial score (nSPS) is 18.9. The maximum Gasteiger partial charge on any atom is 0.434 e. The minimum Gasteiger partial charge on any atom is -0.357 e. The molecule has 2 rings (SSSR count). The van der Waals surface area contributed by atoms with Gasteiger partial charge in [-0.15, -0.1) is 35.3 Å². The van der Waals surface area contributed by atoms with Crippen molar-refractivity contribution >= 4 is 41.3 Å². The van der Waals surface area contributed by atoms with Crippen LogP contribution in [0.3, 0.4) is 0 Å². The molecule has 1 unspecified atom stereocenters. The van der Waals surface area contributed by atoms with Crippen LogP contribution in [0.15, 0.2) is 10.4 Å². The van der Waals surface area contributed by atoms with Gasteiger partial charge in [-0.3, -0.25) is 4.99 Å². The van der Waals surface area contributed by atoms with Crippen LogP contribution in [0.1, 0.15) is 24.0 Å². The van der Waals surface area contributed by atoms with Crippen molar-refractivity contribution in [3.63, 3.8) is 0 Å². The van der Waals surface area contributed by atoms with Gasteiger partial charge in [0.2, 0.25) is 0 Å². The van der Waals surface area contributed by atoms with Crippen LogP contribution >= 0.6 is 35.3 Å². The van der Waals surface area contributed by atoms with Gasteiger partial charge in [-0.2, -0.15) is 13.2 Å². The number of hydrogen-bond donors (Lipinski definition) is 2. The second-order valence-corrected chi connectivity index (χ2v) is 6.88. The lowest BCUT2D eigenvalue weighted by molar-refractivity contribution is -0.140. The lowest BCUT2D eigenvalue weighted by Gasteiger charge is -2.12. The van der Waals surface area contributed by atoms with Crippen molar-refractivity contribution < 1.29 is 13.2 Å². The highest BCUT2D eigenvalue weighted by Crippen LogP contribution is 2.29. The third-order valence-electron chi connectivity index (χ3n) is 3.81. The van der Waals surface area contributed by atoms with E-state index < -0.39 is 11.9 Å². The summed E-state index contributed by atoms with van der Waals surface area (Å²) in [5.74, 6) is 1.28. The summed E-state index contributed by atoms with van der Waals surface area (Å²) in [6.07, 6.45) is -2.77. The third-order valence-corrected chi connectivity index (χ3v) is 4.72. The topological polar surface area (TPSA) is 52.6 Å². The number of rotatable bonds is 6. The van der Waals surface area contributed by atoms with E-state index in [1.54, 1.807) is 0 Å².